The number of ether oxygens (including phenoxy) is 2. The van der Waals surface area contributed by atoms with Crippen molar-refractivity contribution in [3.63, 3.8) is 0 Å². The normalized spacial score (nSPS) is 9.65. The molecule has 3 N–H and O–H groups in total. The summed E-state index contributed by atoms with van der Waals surface area (Å²) in [7, 11) is 4.10. The van der Waals surface area contributed by atoms with Gasteiger partial charge in [-0.3, -0.25) is 4.79 Å². The third kappa shape index (κ3) is 8.24. The summed E-state index contributed by atoms with van der Waals surface area (Å²) in [5.74, 6) is -0.213. The Balaban J connectivity index is 0.000000180. The Hall–Kier alpha value is -3.87. The van der Waals surface area contributed by atoms with E-state index < -0.39 is 0 Å². The molecule has 178 valence electrons. The molecule has 2 aromatic heterocycles. The van der Waals surface area contributed by atoms with Gasteiger partial charge in [-0.1, -0.05) is 66.7 Å². The summed E-state index contributed by atoms with van der Waals surface area (Å²) in [5, 5.41) is 9.36. The van der Waals surface area contributed by atoms with E-state index in [2.05, 4.69) is 32.9 Å². The number of carbonyl (C=O) groups excluding carboxylic acids is 1. The molecule has 3 aromatic carbocycles. The second kappa shape index (κ2) is 15.1. The van der Waals surface area contributed by atoms with E-state index >= 15 is 0 Å². The monoisotopic (exact) mass is 460 g/mol. The molecule has 2 heterocycles. The molecule has 5 aromatic rings. The number of carbonyl (C=O) groups is 1. The zero-order valence-corrected chi connectivity index (χ0v) is 19.8. The van der Waals surface area contributed by atoms with Crippen molar-refractivity contribution < 1.29 is 19.4 Å². The third-order valence-electron chi connectivity index (χ3n) is 4.85. The molecule has 0 radical (unpaired) electrons. The van der Waals surface area contributed by atoms with E-state index in [1.165, 1.54) is 23.6 Å². The zero-order valence-electron chi connectivity index (χ0n) is 19.8. The van der Waals surface area contributed by atoms with Gasteiger partial charge < -0.3 is 24.5 Å². The van der Waals surface area contributed by atoms with Gasteiger partial charge >= 0.3 is 5.97 Å². The lowest BCUT2D eigenvalue weighted by Gasteiger charge is -1.97. The average molecular weight is 461 g/mol. The molecule has 0 amide bonds. The average Bonchev–Trinajstić information content (AvgIpc) is 3.54. The van der Waals surface area contributed by atoms with E-state index in [-0.39, 0.29) is 5.97 Å². The van der Waals surface area contributed by atoms with Crippen LogP contribution in [0.2, 0.25) is 0 Å². The van der Waals surface area contributed by atoms with Crippen molar-refractivity contribution in [1.29, 1.82) is 0 Å². The number of fused-ring (bicyclic) bond motifs is 2. The number of esters is 1. The van der Waals surface area contributed by atoms with Crippen molar-refractivity contribution in [1.82, 2.24) is 9.97 Å². The van der Waals surface area contributed by atoms with Crippen molar-refractivity contribution in [3.05, 3.63) is 108 Å². The highest BCUT2D eigenvalue weighted by Crippen LogP contribution is 2.18. The van der Waals surface area contributed by atoms with Crippen molar-refractivity contribution in [2.24, 2.45) is 0 Å². The zero-order chi connectivity index (χ0) is 24.6. The van der Waals surface area contributed by atoms with Crippen molar-refractivity contribution in [2.75, 3.05) is 21.3 Å². The van der Waals surface area contributed by atoms with E-state index in [1.54, 1.807) is 7.11 Å². The van der Waals surface area contributed by atoms with Crippen LogP contribution in [0.3, 0.4) is 0 Å². The van der Waals surface area contributed by atoms with Gasteiger partial charge in [0.25, 0.3) is 0 Å². The lowest BCUT2D eigenvalue weighted by Crippen LogP contribution is -2.03. The number of aromatic nitrogens is 2. The summed E-state index contributed by atoms with van der Waals surface area (Å²) in [6.45, 7) is 0.709. The number of para-hydroxylation sites is 2. The SMILES string of the molecule is CO.COC(=O)Cc1c[nH]c2ccccc12.COCc1ccccc1.c1ccc2[nH]ccc2c1. The number of H-pyrrole nitrogens is 2. The first kappa shape index (κ1) is 26.4. The minimum Gasteiger partial charge on any atom is -0.469 e. The first-order valence-corrected chi connectivity index (χ1v) is 10.8. The molecule has 0 aliphatic carbocycles. The second-order valence-corrected chi connectivity index (χ2v) is 7.10. The van der Waals surface area contributed by atoms with Crippen LogP contribution in [0.4, 0.5) is 0 Å². The summed E-state index contributed by atoms with van der Waals surface area (Å²) in [5.41, 5.74) is 4.45. The van der Waals surface area contributed by atoms with E-state index in [0.717, 1.165) is 23.6 Å². The van der Waals surface area contributed by atoms with Gasteiger partial charge in [0, 0.05) is 43.0 Å². The number of aliphatic hydroxyl groups excluding tert-OH is 1. The molecule has 34 heavy (non-hydrogen) atoms. The number of hydrogen-bond donors (Lipinski definition) is 3. The van der Waals surface area contributed by atoms with Crippen LogP contribution in [0.5, 0.6) is 0 Å². The maximum Gasteiger partial charge on any atom is 0.310 e. The highest BCUT2D eigenvalue weighted by molar-refractivity contribution is 5.87. The first-order chi connectivity index (χ1) is 16.7. The Morgan fingerprint density at radius 2 is 1.44 bits per heavy atom. The van der Waals surface area contributed by atoms with Gasteiger partial charge in [-0.15, -0.1) is 0 Å². The topological polar surface area (TPSA) is 87.3 Å². The van der Waals surface area contributed by atoms with Crippen LogP contribution in [0, 0.1) is 0 Å². The Labute approximate surface area is 200 Å². The van der Waals surface area contributed by atoms with Crippen LogP contribution >= 0.6 is 0 Å². The van der Waals surface area contributed by atoms with Gasteiger partial charge in [-0.2, -0.15) is 0 Å². The highest BCUT2D eigenvalue weighted by Gasteiger charge is 2.07. The predicted octanol–water partition coefficient (Wildman–Crippen LogP) is 5.49. The molecule has 5 rings (SSSR count). The molecule has 6 nitrogen and oxygen atoms in total. The Morgan fingerprint density at radius 3 is 2.12 bits per heavy atom. The summed E-state index contributed by atoms with van der Waals surface area (Å²) >= 11 is 0. The van der Waals surface area contributed by atoms with E-state index in [9.17, 15) is 4.79 Å². The van der Waals surface area contributed by atoms with Crippen LogP contribution in [0.1, 0.15) is 11.1 Å². The fourth-order valence-corrected chi connectivity index (χ4v) is 3.24. The molecule has 0 bridgehead atoms. The number of aliphatic hydroxyl groups is 1. The summed E-state index contributed by atoms with van der Waals surface area (Å²) in [6, 6.07) is 28.3. The summed E-state index contributed by atoms with van der Waals surface area (Å²) in [4.78, 5) is 17.3. The highest BCUT2D eigenvalue weighted by atomic mass is 16.5. The molecule has 0 aliphatic rings. The van der Waals surface area contributed by atoms with Crippen molar-refractivity contribution in [2.45, 2.75) is 13.0 Å². The largest absolute Gasteiger partial charge is 0.469 e. The van der Waals surface area contributed by atoms with Gasteiger partial charge in [-0.05, 0) is 34.7 Å². The maximum atomic E-state index is 11.1. The maximum absolute atomic E-state index is 11.1. The molecule has 0 saturated carbocycles. The molecule has 0 aliphatic heterocycles. The van der Waals surface area contributed by atoms with Gasteiger partial charge in [0.05, 0.1) is 20.1 Å². The van der Waals surface area contributed by atoms with Crippen LogP contribution in [-0.2, 0) is 27.3 Å². The number of benzene rings is 3. The quantitative estimate of drug-likeness (QED) is 0.309. The first-order valence-electron chi connectivity index (χ1n) is 10.8. The summed E-state index contributed by atoms with van der Waals surface area (Å²) in [6.07, 6.45) is 4.12. The Kier molecular flexibility index (Phi) is 11.7. The lowest BCUT2D eigenvalue weighted by molar-refractivity contribution is -0.139. The fraction of sp³-hybridized carbons (Fsp3) is 0.179. The van der Waals surface area contributed by atoms with E-state index in [1.807, 2.05) is 79.1 Å². The molecular formula is C28H32N2O4. The van der Waals surface area contributed by atoms with Gasteiger partial charge in [-0.25, -0.2) is 0 Å². The Morgan fingerprint density at radius 1 is 0.794 bits per heavy atom. The standard InChI is InChI=1S/C11H11NO2.C8H7N.C8H10O.CH4O/c1-14-11(13)6-8-7-12-10-5-3-2-4-9(8)10;1-2-4-8-7(3-1)5-6-9-8;1-9-7-8-5-3-2-4-6-8;1-2/h2-5,7,12H,6H2,1H3;1-6,9H;2-6H,7H2,1H3;2H,1H3. The molecule has 0 spiro atoms. The number of rotatable bonds is 4. The molecule has 0 atom stereocenters. The molecule has 0 fully saturated rings. The number of hydrogen-bond acceptors (Lipinski definition) is 4. The van der Waals surface area contributed by atoms with E-state index in [4.69, 9.17) is 9.84 Å². The van der Waals surface area contributed by atoms with Crippen LogP contribution in [0.15, 0.2) is 97.3 Å². The van der Waals surface area contributed by atoms with E-state index in [0.29, 0.717) is 13.0 Å². The number of aromatic amines is 2. The molecular weight excluding hydrogens is 428 g/mol. The number of nitrogens with one attached hydrogen (secondary N) is 2. The van der Waals surface area contributed by atoms with Crippen LogP contribution in [-0.4, -0.2) is 42.4 Å². The third-order valence-corrected chi connectivity index (χ3v) is 4.85. The lowest BCUT2D eigenvalue weighted by atomic mass is 10.1. The number of methoxy groups -OCH3 is 2. The van der Waals surface area contributed by atoms with Gasteiger partial charge in [0.2, 0.25) is 0 Å². The minimum absolute atomic E-state index is 0.213. The van der Waals surface area contributed by atoms with Crippen molar-refractivity contribution >= 4 is 27.8 Å². The molecule has 0 unspecified atom stereocenters. The van der Waals surface area contributed by atoms with Crippen LogP contribution < -0.4 is 0 Å². The fourth-order valence-electron chi connectivity index (χ4n) is 3.24. The summed E-state index contributed by atoms with van der Waals surface area (Å²) < 4.78 is 9.55. The molecule has 0 saturated heterocycles. The molecule has 6 heteroatoms. The predicted molar refractivity (Wildman–Crippen MR) is 138 cm³/mol. The Bertz CT molecular complexity index is 1200. The van der Waals surface area contributed by atoms with Crippen LogP contribution in [0.25, 0.3) is 21.8 Å². The smallest absolute Gasteiger partial charge is 0.310 e. The van der Waals surface area contributed by atoms with Crippen molar-refractivity contribution in [3.8, 4) is 0 Å². The second-order valence-electron chi connectivity index (χ2n) is 7.10. The van der Waals surface area contributed by atoms with Gasteiger partial charge in [0.15, 0.2) is 0 Å². The minimum atomic E-state index is -0.213. The van der Waals surface area contributed by atoms with Gasteiger partial charge in [0.1, 0.15) is 0 Å².